The zero-order valence-electron chi connectivity index (χ0n) is 6.85. The van der Waals surface area contributed by atoms with Crippen molar-refractivity contribution in [2.75, 3.05) is 5.32 Å². The minimum Gasteiger partial charge on any atom is -0.321 e. The van der Waals surface area contributed by atoms with Gasteiger partial charge in [0.25, 0.3) is 5.91 Å². The first-order chi connectivity index (χ1) is 5.68. The normalized spacial score (nSPS) is 14.4. The summed E-state index contributed by atoms with van der Waals surface area (Å²) in [4.78, 5) is 11.1. The summed E-state index contributed by atoms with van der Waals surface area (Å²) in [6.07, 6.45) is 0. The van der Waals surface area contributed by atoms with Crippen LogP contribution in [0.4, 0.5) is 5.69 Å². The Labute approximate surface area is 70.9 Å². The van der Waals surface area contributed by atoms with Gasteiger partial charge in [-0.15, -0.1) is 0 Å². The van der Waals surface area contributed by atoms with E-state index in [0.29, 0.717) is 5.57 Å². The Morgan fingerprint density at radius 2 is 2.17 bits per heavy atom. The molecule has 0 fully saturated rings. The average molecular weight is 159 g/mol. The van der Waals surface area contributed by atoms with Crippen LogP contribution in [-0.4, -0.2) is 5.91 Å². The Morgan fingerprint density at radius 3 is 2.92 bits per heavy atom. The molecule has 1 aliphatic heterocycles. The molecule has 0 atom stereocenters. The van der Waals surface area contributed by atoms with Crippen LogP contribution in [0.3, 0.4) is 0 Å². The van der Waals surface area contributed by atoms with Crippen LogP contribution in [-0.2, 0) is 4.79 Å². The molecule has 0 spiro atoms. The van der Waals surface area contributed by atoms with Crippen molar-refractivity contribution < 1.29 is 4.79 Å². The van der Waals surface area contributed by atoms with Gasteiger partial charge in [-0.2, -0.15) is 0 Å². The summed E-state index contributed by atoms with van der Waals surface area (Å²) in [5, 5.41) is 2.74. The fraction of sp³-hybridized carbons (Fsp3) is 0.100. The summed E-state index contributed by atoms with van der Waals surface area (Å²) in [5.41, 5.74) is 3.51. The summed E-state index contributed by atoms with van der Waals surface area (Å²) in [5.74, 6) is -0.0874. The molecule has 0 aromatic heterocycles. The highest BCUT2D eigenvalue weighted by Crippen LogP contribution is 2.30. The van der Waals surface area contributed by atoms with Gasteiger partial charge >= 0.3 is 0 Å². The first-order valence-corrected chi connectivity index (χ1v) is 3.80. The Morgan fingerprint density at radius 1 is 1.42 bits per heavy atom. The van der Waals surface area contributed by atoms with Crippen molar-refractivity contribution >= 4 is 17.2 Å². The molecule has 12 heavy (non-hydrogen) atoms. The number of anilines is 1. The minimum atomic E-state index is -0.0874. The largest absolute Gasteiger partial charge is 0.321 e. The minimum absolute atomic E-state index is 0.0874. The lowest BCUT2D eigenvalue weighted by molar-refractivity contribution is -0.110. The standard InChI is InChI=1S/C10H9NO/c1-6-3-4-9-8(5-6)7(2)10(12)11-9/h3-5H,2H2,1H3,(H,11,12). The number of hydrogen-bond donors (Lipinski definition) is 1. The van der Waals surface area contributed by atoms with Crippen LogP contribution in [0, 0.1) is 6.92 Å². The van der Waals surface area contributed by atoms with Crippen molar-refractivity contribution in [1.82, 2.24) is 0 Å². The number of nitrogens with one attached hydrogen (secondary N) is 1. The van der Waals surface area contributed by atoms with Crippen LogP contribution in [0.15, 0.2) is 24.8 Å². The maximum atomic E-state index is 11.1. The Bertz CT molecular complexity index is 379. The van der Waals surface area contributed by atoms with Crippen molar-refractivity contribution in [3.63, 3.8) is 0 Å². The molecule has 0 saturated carbocycles. The Balaban J connectivity index is 2.63. The highest BCUT2D eigenvalue weighted by atomic mass is 16.1. The predicted molar refractivity (Wildman–Crippen MR) is 48.8 cm³/mol. The SMILES string of the molecule is C=C1C(=O)Nc2ccc(C)cc21. The van der Waals surface area contributed by atoms with Gasteiger partial charge in [0.05, 0.1) is 0 Å². The van der Waals surface area contributed by atoms with E-state index in [0.717, 1.165) is 16.8 Å². The quantitative estimate of drug-likeness (QED) is 0.576. The van der Waals surface area contributed by atoms with Crippen molar-refractivity contribution in [2.24, 2.45) is 0 Å². The average Bonchev–Trinajstić information content (AvgIpc) is 2.31. The van der Waals surface area contributed by atoms with E-state index >= 15 is 0 Å². The molecule has 0 bridgehead atoms. The van der Waals surface area contributed by atoms with E-state index in [9.17, 15) is 4.79 Å². The molecule has 60 valence electrons. The van der Waals surface area contributed by atoms with Gasteiger partial charge in [-0.1, -0.05) is 18.2 Å². The fourth-order valence-corrected chi connectivity index (χ4v) is 1.34. The van der Waals surface area contributed by atoms with Crippen LogP contribution >= 0.6 is 0 Å². The molecule has 0 unspecified atom stereocenters. The topological polar surface area (TPSA) is 29.1 Å². The van der Waals surface area contributed by atoms with Gasteiger partial charge in [-0.25, -0.2) is 0 Å². The lowest BCUT2D eigenvalue weighted by atomic mass is 10.1. The van der Waals surface area contributed by atoms with Gasteiger partial charge < -0.3 is 5.32 Å². The van der Waals surface area contributed by atoms with E-state index in [4.69, 9.17) is 0 Å². The number of amides is 1. The summed E-state index contributed by atoms with van der Waals surface area (Å²) in [7, 11) is 0. The van der Waals surface area contributed by atoms with E-state index in [-0.39, 0.29) is 5.91 Å². The Hall–Kier alpha value is -1.57. The van der Waals surface area contributed by atoms with Crippen LogP contribution in [0.5, 0.6) is 0 Å². The molecule has 0 saturated heterocycles. The molecule has 2 heteroatoms. The van der Waals surface area contributed by atoms with Crippen molar-refractivity contribution in [2.45, 2.75) is 6.92 Å². The molecule has 1 N–H and O–H groups in total. The van der Waals surface area contributed by atoms with E-state index in [1.165, 1.54) is 0 Å². The van der Waals surface area contributed by atoms with Gasteiger partial charge in [-0.3, -0.25) is 4.79 Å². The maximum Gasteiger partial charge on any atom is 0.255 e. The second-order valence-corrected chi connectivity index (χ2v) is 2.98. The molecule has 0 aliphatic carbocycles. The molecule has 1 amide bonds. The monoisotopic (exact) mass is 159 g/mol. The van der Waals surface area contributed by atoms with Crippen LogP contribution in [0.2, 0.25) is 0 Å². The first kappa shape index (κ1) is 7.10. The van der Waals surface area contributed by atoms with E-state index < -0.39 is 0 Å². The number of rotatable bonds is 0. The zero-order chi connectivity index (χ0) is 8.72. The number of aryl methyl sites for hydroxylation is 1. The van der Waals surface area contributed by atoms with Crippen molar-refractivity contribution in [3.8, 4) is 0 Å². The molecule has 1 aromatic rings. The van der Waals surface area contributed by atoms with Crippen LogP contribution in [0.1, 0.15) is 11.1 Å². The maximum absolute atomic E-state index is 11.1. The third-order valence-electron chi connectivity index (χ3n) is 2.02. The molecule has 2 rings (SSSR count). The van der Waals surface area contributed by atoms with Gasteiger partial charge in [0.15, 0.2) is 0 Å². The second-order valence-electron chi connectivity index (χ2n) is 2.98. The molecule has 1 aromatic carbocycles. The van der Waals surface area contributed by atoms with Gasteiger partial charge in [0.2, 0.25) is 0 Å². The summed E-state index contributed by atoms with van der Waals surface area (Å²) < 4.78 is 0. The Kier molecular flexibility index (Phi) is 1.30. The number of fused-ring (bicyclic) bond motifs is 1. The number of carbonyl (C=O) groups is 1. The summed E-state index contributed by atoms with van der Waals surface area (Å²) in [6, 6.07) is 5.84. The molecule has 1 aliphatic rings. The van der Waals surface area contributed by atoms with Crippen molar-refractivity contribution in [3.05, 3.63) is 35.9 Å². The third-order valence-corrected chi connectivity index (χ3v) is 2.02. The van der Waals surface area contributed by atoms with Crippen LogP contribution < -0.4 is 5.32 Å². The van der Waals surface area contributed by atoms with Gasteiger partial charge in [-0.05, 0) is 19.1 Å². The fourth-order valence-electron chi connectivity index (χ4n) is 1.34. The zero-order valence-corrected chi connectivity index (χ0v) is 6.85. The molecule has 0 radical (unpaired) electrons. The number of hydrogen-bond acceptors (Lipinski definition) is 1. The van der Waals surface area contributed by atoms with E-state index in [1.54, 1.807) is 0 Å². The molecular formula is C10H9NO. The number of benzene rings is 1. The van der Waals surface area contributed by atoms with Crippen molar-refractivity contribution in [1.29, 1.82) is 0 Å². The highest BCUT2D eigenvalue weighted by molar-refractivity contribution is 6.30. The lowest BCUT2D eigenvalue weighted by Crippen LogP contribution is -2.02. The highest BCUT2D eigenvalue weighted by Gasteiger charge is 2.21. The molecular weight excluding hydrogens is 150 g/mol. The smallest absolute Gasteiger partial charge is 0.255 e. The second kappa shape index (κ2) is 2.21. The molecule has 1 heterocycles. The summed E-state index contributed by atoms with van der Waals surface area (Å²) >= 11 is 0. The number of carbonyl (C=O) groups excluding carboxylic acids is 1. The van der Waals surface area contributed by atoms with Crippen LogP contribution in [0.25, 0.3) is 5.57 Å². The van der Waals surface area contributed by atoms with Gasteiger partial charge in [0.1, 0.15) is 0 Å². The van der Waals surface area contributed by atoms with Gasteiger partial charge in [0, 0.05) is 16.8 Å². The molecule has 2 nitrogen and oxygen atoms in total. The lowest BCUT2D eigenvalue weighted by Gasteiger charge is -1.97. The summed E-state index contributed by atoms with van der Waals surface area (Å²) in [6.45, 7) is 5.70. The first-order valence-electron chi connectivity index (χ1n) is 3.80. The van der Waals surface area contributed by atoms with E-state index in [1.807, 2.05) is 25.1 Å². The third kappa shape index (κ3) is 0.848. The van der Waals surface area contributed by atoms with E-state index in [2.05, 4.69) is 11.9 Å². The predicted octanol–water partition coefficient (Wildman–Crippen LogP) is 1.96.